The van der Waals surface area contributed by atoms with Gasteiger partial charge in [0.2, 0.25) is 0 Å². The first kappa shape index (κ1) is 12.6. The molecule has 2 aromatic rings. The summed E-state index contributed by atoms with van der Waals surface area (Å²) in [6.07, 6.45) is 0. The molecule has 18 heavy (non-hydrogen) atoms. The number of anilines is 1. The Kier molecular flexibility index (Phi) is 3.95. The van der Waals surface area contributed by atoms with Crippen molar-refractivity contribution in [3.63, 3.8) is 0 Å². The molecule has 0 spiro atoms. The number of nitrogens with two attached hydrogens (primary N) is 1. The Morgan fingerprint density at radius 1 is 1.11 bits per heavy atom. The number of nitrogen functional groups attached to an aromatic ring is 1. The standard InChI is InChI=1S/C14H14ClNO2/c1-17-14-8-12(6-7-13(14)16)18-9-10-2-4-11(15)5-3-10/h2-8H,9,16H2,1H3. The largest absolute Gasteiger partial charge is 0.494 e. The Balaban J connectivity index is 2.04. The summed E-state index contributed by atoms with van der Waals surface area (Å²) in [6, 6.07) is 12.9. The Morgan fingerprint density at radius 2 is 1.83 bits per heavy atom. The summed E-state index contributed by atoms with van der Waals surface area (Å²) in [5.74, 6) is 1.33. The lowest BCUT2D eigenvalue weighted by molar-refractivity contribution is 0.304. The SMILES string of the molecule is COc1cc(OCc2ccc(Cl)cc2)ccc1N. The smallest absolute Gasteiger partial charge is 0.145 e. The molecule has 0 aromatic heterocycles. The van der Waals surface area contributed by atoms with Crippen LogP contribution in [0.1, 0.15) is 5.56 Å². The lowest BCUT2D eigenvalue weighted by atomic mass is 10.2. The molecule has 94 valence electrons. The van der Waals surface area contributed by atoms with E-state index in [9.17, 15) is 0 Å². The molecule has 2 N–H and O–H groups in total. The quantitative estimate of drug-likeness (QED) is 0.859. The third-order valence-corrected chi connectivity index (χ3v) is 2.78. The van der Waals surface area contributed by atoms with Gasteiger partial charge in [0.05, 0.1) is 12.8 Å². The van der Waals surface area contributed by atoms with Crippen molar-refractivity contribution < 1.29 is 9.47 Å². The molecule has 0 aliphatic carbocycles. The Morgan fingerprint density at radius 3 is 2.50 bits per heavy atom. The number of halogens is 1. The van der Waals surface area contributed by atoms with Gasteiger partial charge in [0.15, 0.2) is 0 Å². The van der Waals surface area contributed by atoms with Crippen LogP contribution in [0.4, 0.5) is 5.69 Å². The molecule has 0 heterocycles. The zero-order valence-electron chi connectivity index (χ0n) is 10.0. The predicted octanol–water partition coefficient (Wildman–Crippen LogP) is 3.51. The number of benzene rings is 2. The fourth-order valence-electron chi connectivity index (χ4n) is 1.53. The van der Waals surface area contributed by atoms with E-state index in [-0.39, 0.29) is 0 Å². The van der Waals surface area contributed by atoms with E-state index in [1.54, 1.807) is 19.2 Å². The van der Waals surface area contributed by atoms with Crippen LogP contribution in [0.2, 0.25) is 5.02 Å². The number of ether oxygens (including phenoxy) is 2. The van der Waals surface area contributed by atoms with Gasteiger partial charge in [-0.05, 0) is 29.8 Å². The highest BCUT2D eigenvalue weighted by Crippen LogP contribution is 2.26. The first-order valence-corrected chi connectivity index (χ1v) is 5.87. The Hall–Kier alpha value is -1.87. The van der Waals surface area contributed by atoms with Crippen molar-refractivity contribution >= 4 is 17.3 Å². The van der Waals surface area contributed by atoms with E-state index in [2.05, 4.69) is 0 Å². The van der Waals surface area contributed by atoms with Crippen LogP contribution in [0.25, 0.3) is 0 Å². The van der Waals surface area contributed by atoms with Crippen LogP contribution in [-0.4, -0.2) is 7.11 Å². The maximum atomic E-state index is 5.81. The number of rotatable bonds is 4. The molecule has 0 aliphatic heterocycles. The van der Waals surface area contributed by atoms with Gasteiger partial charge in [0.25, 0.3) is 0 Å². The molecular weight excluding hydrogens is 250 g/mol. The van der Waals surface area contributed by atoms with Crippen molar-refractivity contribution in [2.45, 2.75) is 6.61 Å². The molecule has 0 atom stereocenters. The van der Waals surface area contributed by atoms with E-state index in [4.69, 9.17) is 26.8 Å². The molecule has 2 rings (SSSR count). The lowest BCUT2D eigenvalue weighted by Crippen LogP contribution is -1.97. The van der Waals surface area contributed by atoms with Gasteiger partial charge in [0, 0.05) is 11.1 Å². The topological polar surface area (TPSA) is 44.5 Å². The van der Waals surface area contributed by atoms with Crippen LogP contribution >= 0.6 is 11.6 Å². The van der Waals surface area contributed by atoms with Crippen molar-refractivity contribution in [1.82, 2.24) is 0 Å². The summed E-state index contributed by atoms with van der Waals surface area (Å²) >= 11 is 5.81. The predicted molar refractivity (Wildman–Crippen MR) is 73.2 cm³/mol. The first-order valence-electron chi connectivity index (χ1n) is 5.50. The molecule has 0 bridgehead atoms. The summed E-state index contributed by atoms with van der Waals surface area (Å²) in [5.41, 5.74) is 7.37. The van der Waals surface area contributed by atoms with Crippen LogP contribution in [0.5, 0.6) is 11.5 Å². The molecule has 0 amide bonds. The molecule has 0 unspecified atom stereocenters. The van der Waals surface area contributed by atoms with Gasteiger partial charge in [0.1, 0.15) is 18.1 Å². The normalized spacial score (nSPS) is 10.1. The lowest BCUT2D eigenvalue weighted by Gasteiger charge is -2.09. The van der Waals surface area contributed by atoms with Gasteiger partial charge in [-0.15, -0.1) is 0 Å². The minimum absolute atomic E-state index is 0.476. The molecule has 4 heteroatoms. The van der Waals surface area contributed by atoms with Crippen molar-refractivity contribution in [2.75, 3.05) is 12.8 Å². The van der Waals surface area contributed by atoms with Gasteiger partial charge in [-0.1, -0.05) is 23.7 Å². The second kappa shape index (κ2) is 5.65. The van der Waals surface area contributed by atoms with Crippen LogP contribution < -0.4 is 15.2 Å². The zero-order valence-corrected chi connectivity index (χ0v) is 10.8. The summed E-state index contributed by atoms with van der Waals surface area (Å²) in [4.78, 5) is 0. The second-order valence-electron chi connectivity index (χ2n) is 3.82. The highest BCUT2D eigenvalue weighted by Gasteiger charge is 2.02. The van der Waals surface area contributed by atoms with Gasteiger partial charge in [-0.25, -0.2) is 0 Å². The third-order valence-electron chi connectivity index (χ3n) is 2.52. The maximum Gasteiger partial charge on any atom is 0.145 e. The minimum atomic E-state index is 0.476. The molecule has 0 radical (unpaired) electrons. The van der Waals surface area contributed by atoms with E-state index >= 15 is 0 Å². The third kappa shape index (κ3) is 3.08. The van der Waals surface area contributed by atoms with Crippen molar-refractivity contribution in [1.29, 1.82) is 0 Å². The monoisotopic (exact) mass is 263 g/mol. The van der Waals surface area contributed by atoms with E-state index in [0.29, 0.717) is 23.1 Å². The highest BCUT2D eigenvalue weighted by atomic mass is 35.5. The van der Waals surface area contributed by atoms with Crippen LogP contribution in [0.15, 0.2) is 42.5 Å². The maximum absolute atomic E-state index is 5.81. The van der Waals surface area contributed by atoms with Crippen LogP contribution in [0, 0.1) is 0 Å². The van der Waals surface area contributed by atoms with E-state index in [0.717, 1.165) is 11.3 Å². The zero-order chi connectivity index (χ0) is 13.0. The molecule has 0 aliphatic rings. The van der Waals surface area contributed by atoms with Gasteiger partial charge < -0.3 is 15.2 Å². The summed E-state index contributed by atoms with van der Waals surface area (Å²) in [6.45, 7) is 0.476. The van der Waals surface area contributed by atoms with Crippen molar-refractivity contribution in [2.24, 2.45) is 0 Å². The molecule has 2 aromatic carbocycles. The average Bonchev–Trinajstić information content (AvgIpc) is 2.39. The highest BCUT2D eigenvalue weighted by molar-refractivity contribution is 6.30. The Labute approximate surface area is 111 Å². The van der Waals surface area contributed by atoms with E-state index in [1.165, 1.54) is 0 Å². The van der Waals surface area contributed by atoms with Gasteiger partial charge in [-0.2, -0.15) is 0 Å². The van der Waals surface area contributed by atoms with Gasteiger partial charge in [-0.3, -0.25) is 0 Å². The van der Waals surface area contributed by atoms with Crippen LogP contribution in [-0.2, 0) is 6.61 Å². The second-order valence-corrected chi connectivity index (χ2v) is 4.26. The fourth-order valence-corrected chi connectivity index (χ4v) is 1.65. The van der Waals surface area contributed by atoms with E-state index in [1.807, 2.05) is 30.3 Å². The fraction of sp³-hybridized carbons (Fsp3) is 0.143. The van der Waals surface area contributed by atoms with Crippen LogP contribution in [0.3, 0.4) is 0 Å². The number of hydrogen-bond acceptors (Lipinski definition) is 3. The summed E-state index contributed by atoms with van der Waals surface area (Å²) in [5, 5.41) is 0.716. The molecule has 3 nitrogen and oxygen atoms in total. The number of methoxy groups -OCH3 is 1. The average molecular weight is 264 g/mol. The molecule has 0 saturated heterocycles. The van der Waals surface area contributed by atoms with Gasteiger partial charge >= 0.3 is 0 Å². The minimum Gasteiger partial charge on any atom is -0.494 e. The van der Waals surface area contributed by atoms with E-state index < -0.39 is 0 Å². The number of hydrogen-bond donors (Lipinski definition) is 1. The summed E-state index contributed by atoms with van der Waals surface area (Å²) < 4.78 is 10.8. The summed E-state index contributed by atoms with van der Waals surface area (Å²) in [7, 11) is 1.58. The first-order chi connectivity index (χ1) is 8.69. The molecular formula is C14H14ClNO2. The molecule has 0 fully saturated rings. The van der Waals surface area contributed by atoms with Crippen molar-refractivity contribution in [3.8, 4) is 11.5 Å². The van der Waals surface area contributed by atoms with Crippen molar-refractivity contribution in [3.05, 3.63) is 53.1 Å². The Bertz CT molecular complexity index is 526. The molecule has 0 saturated carbocycles.